The smallest absolute Gasteiger partial charge is 0.341 e. The Labute approximate surface area is 119 Å². The van der Waals surface area contributed by atoms with E-state index in [1.807, 2.05) is 0 Å². The van der Waals surface area contributed by atoms with Crippen molar-refractivity contribution in [1.29, 1.82) is 0 Å². The molecular formula is C14H11FN2O4. The van der Waals surface area contributed by atoms with Gasteiger partial charge in [-0.25, -0.2) is 14.2 Å². The zero-order valence-electron chi connectivity index (χ0n) is 11.3. The van der Waals surface area contributed by atoms with Crippen LogP contribution in [0.25, 0.3) is 0 Å². The van der Waals surface area contributed by atoms with Crippen molar-refractivity contribution in [3.8, 4) is 11.6 Å². The first-order valence-electron chi connectivity index (χ1n) is 5.91. The van der Waals surface area contributed by atoms with E-state index < -0.39 is 11.8 Å². The summed E-state index contributed by atoms with van der Waals surface area (Å²) in [6.45, 7) is 1.65. The van der Waals surface area contributed by atoms with Gasteiger partial charge in [0.1, 0.15) is 22.8 Å². The summed E-state index contributed by atoms with van der Waals surface area (Å²) in [4.78, 5) is 26.0. The van der Waals surface area contributed by atoms with Crippen molar-refractivity contribution >= 4 is 11.7 Å². The third-order valence-electron chi connectivity index (χ3n) is 2.72. The maximum atomic E-state index is 13.3. The summed E-state index contributed by atoms with van der Waals surface area (Å²) in [6, 6.07) is 4.89. The second-order valence-corrected chi connectivity index (χ2v) is 4.13. The molecule has 0 aliphatic rings. The summed E-state index contributed by atoms with van der Waals surface area (Å²) in [5.41, 5.74) is 0.789. The van der Waals surface area contributed by atoms with E-state index in [-0.39, 0.29) is 22.9 Å². The Balaban J connectivity index is 2.38. The van der Waals surface area contributed by atoms with E-state index in [2.05, 4.69) is 14.9 Å². The average Bonchev–Trinajstić information content (AvgIpc) is 2.47. The summed E-state index contributed by atoms with van der Waals surface area (Å²) in [7, 11) is 1.21. The molecule has 0 amide bonds. The van der Waals surface area contributed by atoms with Crippen LogP contribution in [-0.2, 0) is 4.74 Å². The van der Waals surface area contributed by atoms with Crippen LogP contribution in [0.1, 0.15) is 15.9 Å². The Kier molecular flexibility index (Phi) is 4.22. The molecule has 0 unspecified atom stereocenters. The minimum atomic E-state index is -0.659. The number of aromatic nitrogens is 1. The fourth-order valence-electron chi connectivity index (χ4n) is 1.65. The molecule has 0 N–H and O–H groups in total. The van der Waals surface area contributed by atoms with Crippen LogP contribution < -0.4 is 4.74 Å². The Hall–Kier alpha value is -2.83. The van der Waals surface area contributed by atoms with Crippen molar-refractivity contribution in [2.45, 2.75) is 6.92 Å². The lowest BCUT2D eigenvalue weighted by atomic mass is 10.2. The monoisotopic (exact) mass is 290 g/mol. The second-order valence-electron chi connectivity index (χ2n) is 4.13. The highest BCUT2D eigenvalue weighted by Crippen LogP contribution is 2.28. The lowest BCUT2D eigenvalue weighted by Gasteiger charge is -2.10. The van der Waals surface area contributed by atoms with Gasteiger partial charge in [-0.2, -0.15) is 0 Å². The van der Waals surface area contributed by atoms with Crippen LogP contribution >= 0.6 is 0 Å². The molecule has 0 radical (unpaired) electrons. The number of carbonyl (C=O) groups excluding carboxylic acids is 1. The van der Waals surface area contributed by atoms with E-state index >= 15 is 0 Å². The number of hydrogen-bond acceptors (Lipinski definition) is 6. The van der Waals surface area contributed by atoms with Gasteiger partial charge in [-0.05, 0) is 29.8 Å². The average molecular weight is 290 g/mol. The molecule has 0 saturated heterocycles. The predicted molar refractivity (Wildman–Crippen MR) is 72.2 cm³/mol. The van der Waals surface area contributed by atoms with Crippen LogP contribution in [0.2, 0.25) is 0 Å². The number of nitrogens with zero attached hydrogens (tertiary/aromatic N) is 2. The van der Waals surface area contributed by atoms with Crippen LogP contribution in [-0.4, -0.2) is 18.1 Å². The van der Waals surface area contributed by atoms with Gasteiger partial charge in [0.2, 0.25) is 5.88 Å². The van der Waals surface area contributed by atoms with Crippen molar-refractivity contribution in [1.82, 2.24) is 4.98 Å². The van der Waals surface area contributed by atoms with Crippen molar-refractivity contribution in [2.24, 2.45) is 5.18 Å². The fourth-order valence-corrected chi connectivity index (χ4v) is 1.65. The summed E-state index contributed by atoms with van der Waals surface area (Å²) in [6.07, 6.45) is 1.23. The van der Waals surface area contributed by atoms with Gasteiger partial charge in [-0.1, -0.05) is 0 Å². The molecule has 0 aliphatic heterocycles. The van der Waals surface area contributed by atoms with Gasteiger partial charge < -0.3 is 9.47 Å². The molecule has 0 atom stereocenters. The number of halogens is 1. The molecule has 0 saturated carbocycles. The number of hydrogen-bond donors (Lipinski definition) is 0. The molecule has 21 heavy (non-hydrogen) atoms. The van der Waals surface area contributed by atoms with Crippen molar-refractivity contribution in [3.63, 3.8) is 0 Å². The van der Waals surface area contributed by atoms with Gasteiger partial charge in [-0.15, -0.1) is 4.91 Å². The lowest BCUT2D eigenvalue weighted by molar-refractivity contribution is 0.0598. The Morgan fingerprint density at radius 2 is 2.10 bits per heavy atom. The summed E-state index contributed by atoms with van der Waals surface area (Å²) in [5, 5.41) is 2.79. The van der Waals surface area contributed by atoms with E-state index in [1.165, 1.54) is 25.4 Å². The zero-order valence-corrected chi connectivity index (χ0v) is 11.3. The number of rotatable bonds is 4. The standard InChI is InChI=1S/C14H11FN2O4/c1-8-5-13(16-7-11(8)17-19)21-12-6-9(15)3-4-10(12)14(18)20-2/h3-7H,1-2H3. The number of methoxy groups -OCH3 is 1. The molecule has 7 heteroatoms. The SMILES string of the molecule is COC(=O)c1ccc(F)cc1Oc1cc(C)c(N=O)cn1. The molecule has 108 valence electrons. The van der Waals surface area contributed by atoms with Crippen LogP contribution in [0.4, 0.5) is 10.1 Å². The number of aryl methyl sites for hydroxylation is 1. The number of ether oxygens (including phenoxy) is 2. The van der Waals surface area contributed by atoms with E-state index in [0.29, 0.717) is 5.56 Å². The lowest BCUT2D eigenvalue weighted by Crippen LogP contribution is -2.04. The van der Waals surface area contributed by atoms with Crippen molar-refractivity contribution < 1.29 is 18.7 Å². The first-order chi connectivity index (χ1) is 10.0. The number of benzene rings is 1. The highest BCUT2D eigenvalue weighted by atomic mass is 19.1. The number of carbonyl (C=O) groups is 1. The minimum Gasteiger partial charge on any atom is -0.465 e. The van der Waals surface area contributed by atoms with Crippen molar-refractivity contribution in [3.05, 3.63) is 52.3 Å². The molecule has 0 aliphatic carbocycles. The van der Waals surface area contributed by atoms with Gasteiger partial charge in [0.05, 0.1) is 13.3 Å². The minimum absolute atomic E-state index is 0.0273. The van der Waals surface area contributed by atoms with Crippen LogP contribution in [0.15, 0.2) is 35.6 Å². The second kappa shape index (κ2) is 6.08. The van der Waals surface area contributed by atoms with E-state index in [4.69, 9.17) is 4.74 Å². The molecule has 0 fully saturated rings. The van der Waals surface area contributed by atoms with E-state index in [1.54, 1.807) is 6.92 Å². The number of pyridine rings is 1. The Morgan fingerprint density at radius 1 is 1.33 bits per heavy atom. The largest absolute Gasteiger partial charge is 0.465 e. The first kappa shape index (κ1) is 14.6. The van der Waals surface area contributed by atoms with E-state index in [0.717, 1.165) is 12.1 Å². The van der Waals surface area contributed by atoms with Gasteiger partial charge in [0.25, 0.3) is 0 Å². The van der Waals surface area contributed by atoms with Crippen molar-refractivity contribution in [2.75, 3.05) is 7.11 Å². The predicted octanol–water partition coefficient (Wildman–Crippen LogP) is 3.51. The maximum Gasteiger partial charge on any atom is 0.341 e. The van der Waals surface area contributed by atoms with Gasteiger partial charge >= 0.3 is 5.97 Å². The molecule has 0 bridgehead atoms. The fraction of sp³-hybridized carbons (Fsp3) is 0.143. The molecule has 6 nitrogen and oxygen atoms in total. The molecule has 2 aromatic rings. The zero-order chi connectivity index (χ0) is 15.4. The molecule has 1 heterocycles. The van der Waals surface area contributed by atoms with Gasteiger partial charge in [-0.3, -0.25) is 0 Å². The third-order valence-corrected chi connectivity index (χ3v) is 2.72. The van der Waals surface area contributed by atoms with Gasteiger partial charge in [0.15, 0.2) is 0 Å². The number of esters is 1. The maximum absolute atomic E-state index is 13.3. The van der Waals surface area contributed by atoms with Crippen LogP contribution in [0.3, 0.4) is 0 Å². The van der Waals surface area contributed by atoms with Crippen LogP contribution in [0, 0.1) is 17.6 Å². The first-order valence-corrected chi connectivity index (χ1v) is 5.91. The Morgan fingerprint density at radius 3 is 2.71 bits per heavy atom. The molecular weight excluding hydrogens is 279 g/mol. The molecule has 2 rings (SSSR count). The third kappa shape index (κ3) is 3.19. The highest BCUT2D eigenvalue weighted by molar-refractivity contribution is 5.92. The normalized spacial score (nSPS) is 10.0. The molecule has 0 spiro atoms. The number of nitroso groups, excluding NO2 is 1. The molecule has 1 aromatic heterocycles. The van der Waals surface area contributed by atoms with E-state index in [9.17, 15) is 14.1 Å². The Bertz CT molecular complexity index is 703. The molecule has 1 aromatic carbocycles. The van der Waals surface area contributed by atoms with Gasteiger partial charge in [0, 0.05) is 12.1 Å². The van der Waals surface area contributed by atoms with Crippen LogP contribution in [0.5, 0.6) is 11.6 Å². The highest BCUT2D eigenvalue weighted by Gasteiger charge is 2.15. The summed E-state index contributed by atoms with van der Waals surface area (Å²) in [5.74, 6) is -1.15. The topological polar surface area (TPSA) is 77.9 Å². The summed E-state index contributed by atoms with van der Waals surface area (Å²) >= 11 is 0. The summed E-state index contributed by atoms with van der Waals surface area (Å²) < 4.78 is 23.3. The quantitative estimate of drug-likeness (QED) is 0.636.